The fourth-order valence-corrected chi connectivity index (χ4v) is 3.67. The van der Waals surface area contributed by atoms with Crippen LogP contribution in [0, 0.1) is 22.2 Å². The van der Waals surface area contributed by atoms with Crippen molar-refractivity contribution in [2.24, 2.45) is 10.8 Å². The van der Waals surface area contributed by atoms with Crippen molar-refractivity contribution in [3.05, 3.63) is 29.8 Å². The molecule has 0 bridgehead atoms. The Kier molecular flexibility index (Phi) is 3.58. The predicted octanol–water partition coefficient (Wildman–Crippen LogP) is 4.54. The molecule has 0 unspecified atom stereocenters. The average molecular weight is 257 g/mol. The molecule has 19 heavy (non-hydrogen) atoms. The summed E-state index contributed by atoms with van der Waals surface area (Å²) in [7, 11) is 0. The minimum absolute atomic E-state index is 0.202. The van der Waals surface area contributed by atoms with E-state index in [1.165, 1.54) is 6.42 Å². The van der Waals surface area contributed by atoms with E-state index in [0.717, 1.165) is 18.6 Å². The van der Waals surface area contributed by atoms with Crippen LogP contribution in [0.4, 0.5) is 0 Å². The average Bonchev–Trinajstić information content (AvgIpc) is 2.25. The molecule has 0 saturated heterocycles. The first-order valence-electron chi connectivity index (χ1n) is 6.97. The van der Waals surface area contributed by atoms with Crippen LogP contribution in [0.1, 0.15) is 52.5 Å². The first-order chi connectivity index (χ1) is 8.81. The van der Waals surface area contributed by atoms with E-state index in [-0.39, 0.29) is 6.10 Å². The molecule has 1 aliphatic rings. The zero-order chi connectivity index (χ0) is 14.1. The summed E-state index contributed by atoms with van der Waals surface area (Å²) in [5, 5.41) is 9.12. The molecule has 2 heteroatoms. The minimum Gasteiger partial charge on any atom is -0.489 e. The zero-order valence-electron chi connectivity index (χ0n) is 12.4. The highest BCUT2D eigenvalue weighted by Crippen LogP contribution is 2.46. The molecule has 0 aliphatic heterocycles. The Labute approximate surface area is 116 Å². The van der Waals surface area contributed by atoms with Gasteiger partial charge < -0.3 is 4.74 Å². The smallest absolute Gasteiger partial charge is 0.137 e. The van der Waals surface area contributed by atoms with Gasteiger partial charge in [0.1, 0.15) is 11.8 Å². The van der Waals surface area contributed by atoms with Crippen LogP contribution in [0.25, 0.3) is 0 Å². The van der Waals surface area contributed by atoms with E-state index in [4.69, 9.17) is 10.00 Å². The lowest BCUT2D eigenvalue weighted by Crippen LogP contribution is -2.39. The molecule has 0 heterocycles. The van der Waals surface area contributed by atoms with E-state index in [9.17, 15) is 0 Å². The molecule has 1 saturated carbocycles. The van der Waals surface area contributed by atoms with Crippen LogP contribution in [0.2, 0.25) is 0 Å². The van der Waals surface area contributed by atoms with E-state index in [1.807, 2.05) is 24.3 Å². The first-order valence-corrected chi connectivity index (χ1v) is 6.97. The monoisotopic (exact) mass is 257 g/mol. The molecular weight excluding hydrogens is 234 g/mol. The Hall–Kier alpha value is -1.49. The van der Waals surface area contributed by atoms with Gasteiger partial charge in [-0.15, -0.1) is 0 Å². The van der Waals surface area contributed by atoms with E-state index in [0.29, 0.717) is 16.4 Å². The van der Waals surface area contributed by atoms with Crippen LogP contribution in [0.5, 0.6) is 5.75 Å². The van der Waals surface area contributed by atoms with Crippen LogP contribution >= 0.6 is 0 Å². The van der Waals surface area contributed by atoms with Crippen molar-refractivity contribution in [2.45, 2.75) is 53.1 Å². The normalized spacial score (nSPS) is 21.6. The molecule has 0 radical (unpaired) electrons. The maximum Gasteiger partial charge on any atom is 0.137 e. The highest BCUT2D eigenvalue weighted by atomic mass is 16.5. The van der Waals surface area contributed by atoms with Gasteiger partial charge in [0, 0.05) is 0 Å². The second-order valence-corrected chi connectivity index (χ2v) is 7.26. The summed E-state index contributed by atoms with van der Waals surface area (Å²) in [6.07, 6.45) is 3.53. The quantitative estimate of drug-likeness (QED) is 0.779. The van der Waals surface area contributed by atoms with Crippen molar-refractivity contribution in [1.29, 1.82) is 5.26 Å². The zero-order valence-corrected chi connectivity index (χ0v) is 12.4. The molecule has 0 N–H and O–H groups in total. The molecule has 2 nitrogen and oxygen atoms in total. The first kappa shape index (κ1) is 13.9. The molecule has 0 atom stereocenters. The molecule has 0 spiro atoms. The maximum absolute atomic E-state index is 9.12. The van der Waals surface area contributed by atoms with Crippen LogP contribution in [-0.2, 0) is 0 Å². The van der Waals surface area contributed by atoms with Gasteiger partial charge in [-0.3, -0.25) is 0 Å². The van der Waals surface area contributed by atoms with Crippen molar-refractivity contribution >= 4 is 0 Å². The second kappa shape index (κ2) is 4.89. The molecule has 1 aliphatic carbocycles. The lowest BCUT2D eigenvalue weighted by Gasteiger charge is -2.44. The Bertz CT molecular complexity index is 480. The highest BCUT2D eigenvalue weighted by Gasteiger charge is 2.39. The van der Waals surface area contributed by atoms with Crippen LogP contribution in [0.3, 0.4) is 0 Å². The lowest BCUT2D eigenvalue weighted by atomic mass is 9.64. The topological polar surface area (TPSA) is 33.0 Å². The summed E-state index contributed by atoms with van der Waals surface area (Å²) in [6.45, 7) is 9.22. The molecule has 102 valence electrons. The van der Waals surface area contributed by atoms with Gasteiger partial charge in [-0.2, -0.15) is 5.26 Å². The van der Waals surface area contributed by atoms with Crippen LogP contribution < -0.4 is 4.74 Å². The molecule has 1 fully saturated rings. The van der Waals surface area contributed by atoms with E-state index in [1.54, 1.807) is 0 Å². The van der Waals surface area contributed by atoms with Crippen molar-refractivity contribution in [3.63, 3.8) is 0 Å². The van der Waals surface area contributed by atoms with Crippen molar-refractivity contribution in [1.82, 2.24) is 0 Å². The maximum atomic E-state index is 9.12. The standard InChI is InChI=1S/C17H23NO/c1-16(2)9-14(10-17(3,4)12-16)19-15-8-6-5-7-13(15)11-18/h5-8,14H,9-10,12H2,1-4H3. The van der Waals surface area contributed by atoms with E-state index < -0.39 is 0 Å². The molecule has 2 rings (SSSR count). The van der Waals surface area contributed by atoms with Gasteiger partial charge in [-0.05, 0) is 42.2 Å². The van der Waals surface area contributed by atoms with Crippen LogP contribution in [0.15, 0.2) is 24.3 Å². The van der Waals surface area contributed by atoms with Gasteiger partial charge >= 0.3 is 0 Å². The summed E-state index contributed by atoms with van der Waals surface area (Å²) >= 11 is 0. The van der Waals surface area contributed by atoms with Gasteiger partial charge in [0.25, 0.3) is 0 Å². The summed E-state index contributed by atoms with van der Waals surface area (Å²) in [4.78, 5) is 0. The summed E-state index contributed by atoms with van der Waals surface area (Å²) < 4.78 is 6.13. The molecule has 0 amide bonds. The van der Waals surface area contributed by atoms with Gasteiger partial charge in [-0.1, -0.05) is 39.8 Å². The Balaban J connectivity index is 2.17. The Morgan fingerprint density at radius 1 is 1.11 bits per heavy atom. The van der Waals surface area contributed by atoms with E-state index in [2.05, 4.69) is 33.8 Å². The Morgan fingerprint density at radius 2 is 1.68 bits per heavy atom. The molecule has 1 aromatic carbocycles. The molecule has 1 aromatic rings. The number of hydrogen-bond donors (Lipinski definition) is 0. The Morgan fingerprint density at radius 3 is 2.26 bits per heavy atom. The van der Waals surface area contributed by atoms with E-state index >= 15 is 0 Å². The summed E-state index contributed by atoms with van der Waals surface area (Å²) in [6, 6.07) is 9.71. The largest absolute Gasteiger partial charge is 0.489 e. The van der Waals surface area contributed by atoms with Crippen molar-refractivity contribution < 1.29 is 4.74 Å². The highest BCUT2D eigenvalue weighted by molar-refractivity contribution is 5.42. The summed E-state index contributed by atoms with van der Waals surface area (Å²) in [5.41, 5.74) is 1.23. The van der Waals surface area contributed by atoms with Crippen LogP contribution in [-0.4, -0.2) is 6.10 Å². The van der Waals surface area contributed by atoms with Gasteiger partial charge in [0.05, 0.1) is 11.7 Å². The minimum atomic E-state index is 0.202. The number of benzene rings is 1. The van der Waals surface area contributed by atoms with Crippen molar-refractivity contribution in [3.8, 4) is 11.8 Å². The number of hydrogen-bond acceptors (Lipinski definition) is 2. The van der Waals surface area contributed by atoms with Gasteiger partial charge in [0.15, 0.2) is 0 Å². The van der Waals surface area contributed by atoms with Gasteiger partial charge in [0.2, 0.25) is 0 Å². The number of nitriles is 1. The lowest BCUT2D eigenvalue weighted by molar-refractivity contribution is 0.0132. The fraction of sp³-hybridized carbons (Fsp3) is 0.588. The number of ether oxygens (including phenoxy) is 1. The number of para-hydroxylation sites is 1. The van der Waals surface area contributed by atoms with Crippen molar-refractivity contribution in [2.75, 3.05) is 0 Å². The third kappa shape index (κ3) is 3.50. The fourth-order valence-electron chi connectivity index (χ4n) is 3.67. The molecular formula is C17H23NO. The SMILES string of the molecule is CC1(C)CC(Oc2ccccc2C#N)CC(C)(C)C1. The van der Waals surface area contributed by atoms with Gasteiger partial charge in [-0.25, -0.2) is 0 Å². The number of nitrogens with zero attached hydrogens (tertiary/aromatic N) is 1. The second-order valence-electron chi connectivity index (χ2n) is 7.26. The molecule has 0 aromatic heterocycles. The number of rotatable bonds is 2. The third-order valence-electron chi connectivity index (χ3n) is 3.82. The predicted molar refractivity (Wildman–Crippen MR) is 77.0 cm³/mol. The summed E-state index contributed by atoms with van der Waals surface area (Å²) in [5.74, 6) is 0.725. The third-order valence-corrected chi connectivity index (χ3v) is 3.82.